The quantitative estimate of drug-likeness (QED) is 0.209. The summed E-state index contributed by atoms with van der Waals surface area (Å²) in [6, 6.07) is 42.5. The van der Waals surface area contributed by atoms with Gasteiger partial charge in [-0.05, 0) is 54.6 Å². The average Bonchev–Trinajstić information content (AvgIpc) is 3.70. The first-order valence-corrected chi connectivity index (χ1v) is 15.2. The van der Waals surface area contributed by atoms with E-state index in [0.29, 0.717) is 0 Å². The number of hydrogen-bond acceptors (Lipinski definition) is 5. The SMILES string of the molecule is CN1CN(c2cccc(Oc3ccc4c5ccccc5n(-c5cc6sc7ccccc7c6cn5)c4c3)c2)c2ccccc21. The smallest absolute Gasteiger partial charge is 0.138 e. The van der Waals surface area contributed by atoms with Crippen LogP contribution in [-0.2, 0) is 0 Å². The van der Waals surface area contributed by atoms with Gasteiger partial charge >= 0.3 is 0 Å². The van der Waals surface area contributed by atoms with E-state index in [0.717, 1.165) is 40.7 Å². The van der Waals surface area contributed by atoms with Crippen molar-refractivity contribution in [1.82, 2.24) is 9.55 Å². The molecule has 5 nitrogen and oxygen atoms in total. The van der Waals surface area contributed by atoms with Gasteiger partial charge in [-0.25, -0.2) is 4.98 Å². The van der Waals surface area contributed by atoms with E-state index < -0.39 is 0 Å². The molecule has 0 fully saturated rings. The second-order valence-electron chi connectivity index (χ2n) is 11.0. The topological polar surface area (TPSA) is 33.5 Å². The Balaban J connectivity index is 1.14. The Morgan fingerprint density at radius 2 is 1.40 bits per heavy atom. The number of anilines is 3. The van der Waals surface area contributed by atoms with E-state index in [9.17, 15) is 0 Å². The van der Waals surface area contributed by atoms with Gasteiger partial charge in [-0.2, -0.15) is 0 Å². The van der Waals surface area contributed by atoms with Crippen LogP contribution in [0.5, 0.6) is 11.5 Å². The maximum atomic E-state index is 6.53. The Bertz CT molecular complexity index is 2350. The Labute approximate surface area is 252 Å². The molecule has 0 aliphatic carbocycles. The van der Waals surface area contributed by atoms with Crippen molar-refractivity contribution in [2.75, 3.05) is 23.5 Å². The Kier molecular flexibility index (Phi) is 5.28. The lowest BCUT2D eigenvalue weighted by Crippen LogP contribution is -2.23. The molecule has 9 rings (SSSR count). The molecular formula is C37H26N4OS. The molecule has 0 saturated heterocycles. The van der Waals surface area contributed by atoms with Crippen molar-refractivity contribution in [3.63, 3.8) is 0 Å². The van der Waals surface area contributed by atoms with E-state index in [-0.39, 0.29) is 0 Å². The molecule has 0 radical (unpaired) electrons. The third-order valence-electron chi connectivity index (χ3n) is 8.43. The molecule has 1 aliphatic heterocycles. The number of benzene rings is 5. The van der Waals surface area contributed by atoms with Crippen LogP contribution in [0.3, 0.4) is 0 Å². The zero-order valence-electron chi connectivity index (χ0n) is 23.4. The average molecular weight is 575 g/mol. The van der Waals surface area contributed by atoms with Gasteiger partial charge in [-0.15, -0.1) is 11.3 Å². The minimum absolute atomic E-state index is 0.788. The van der Waals surface area contributed by atoms with Crippen molar-refractivity contribution in [2.45, 2.75) is 0 Å². The lowest BCUT2D eigenvalue weighted by atomic mass is 10.1. The number of rotatable bonds is 4. The highest BCUT2D eigenvalue weighted by Crippen LogP contribution is 2.41. The molecule has 4 heterocycles. The fraction of sp³-hybridized carbons (Fsp3) is 0.0541. The van der Waals surface area contributed by atoms with Gasteiger partial charge < -0.3 is 14.5 Å². The molecule has 1 aliphatic rings. The van der Waals surface area contributed by atoms with Crippen molar-refractivity contribution in [3.8, 4) is 17.3 Å². The maximum Gasteiger partial charge on any atom is 0.138 e. The molecule has 5 aromatic carbocycles. The number of nitrogens with zero attached hydrogens (tertiary/aromatic N) is 4. The van der Waals surface area contributed by atoms with E-state index >= 15 is 0 Å². The zero-order chi connectivity index (χ0) is 28.5. The van der Waals surface area contributed by atoms with Crippen LogP contribution in [0.1, 0.15) is 0 Å². The Morgan fingerprint density at radius 3 is 2.33 bits per heavy atom. The largest absolute Gasteiger partial charge is 0.457 e. The van der Waals surface area contributed by atoms with Gasteiger partial charge in [-0.3, -0.25) is 4.57 Å². The van der Waals surface area contributed by atoms with Crippen LogP contribution in [0, 0.1) is 0 Å². The highest BCUT2D eigenvalue weighted by Gasteiger charge is 2.24. The number of pyridine rings is 1. The molecule has 0 saturated carbocycles. The van der Waals surface area contributed by atoms with Gasteiger partial charge in [-0.1, -0.05) is 54.6 Å². The number of hydrogen-bond donors (Lipinski definition) is 0. The molecule has 0 bridgehead atoms. The Hall–Kier alpha value is -5.33. The number of para-hydroxylation sites is 3. The van der Waals surface area contributed by atoms with Crippen LogP contribution in [0.2, 0.25) is 0 Å². The van der Waals surface area contributed by atoms with Crippen molar-refractivity contribution in [3.05, 3.63) is 128 Å². The summed E-state index contributed by atoms with van der Waals surface area (Å²) in [6.45, 7) is 0.798. The van der Waals surface area contributed by atoms with Gasteiger partial charge in [0.2, 0.25) is 0 Å². The van der Waals surface area contributed by atoms with Gasteiger partial charge in [0.15, 0.2) is 0 Å². The fourth-order valence-electron chi connectivity index (χ4n) is 6.44. The van der Waals surface area contributed by atoms with Crippen LogP contribution >= 0.6 is 11.3 Å². The third kappa shape index (κ3) is 3.80. The molecule has 3 aromatic heterocycles. The second kappa shape index (κ2) is 9.34. The first-order chi connectivity index (χ1) is 21.2. The molecule has 0 N–H and O–H groups in total. The van der Waals surface area contributed by atoms with Crippen LogP contribution in [-0.4, -0.2) is 23.3 Å². The van der Waals surface area contributed by atoms with Crippen molar-refractivity contribution >= 4 is 70.4 Å². The molecule has 6 heteroatoms. The molecule has 0 unspecified atom stereocenters. The van der Waals surface area contributed by atoms with E-state index in [4.69, 9.17) is 9.72 Å². The van der Waals surface area contributed by atoms with E-state index in [1.165, 1.54) is 42.3 Å². The minimum atomic E-state index is 0.788. The summed E-state index contributed by atoms with van der Waals surface area (Å²) in [7, 11) is 2.13. The number of ether oxygens (including phenoxy) is 1. The van der Waals surface area contributed by atoms with Crippen LogP contribution in [0.4, 0.5) is 17.1 Å². The maximum absolute atomic E-state index is 6.53. The lowest BCUT2D eigenvalue weighted by Gasteiger charge is -2.20. The summed E-state index contributed by atoms with van der Waals surface area (Å²) in [6.07, 6.45) is 2.02. The normalized spacial score (nSPS) is 13.0. The van der Waals surface area contributed by atoms with E-state index in [2.05, 4.69) is 137 Å². The number of fused-ring (bicyclic) bond motifs is 7. The summed E-state index contributed by atoms with van der Waals surface area (Å²) in [5.41, 5.74) is 5.73. The van der Waals surface area contributed by atoms with Crippen LogP contribution in [0.15, 0.2) is 128 Å². The van der Waals surface area contributed by atoms with Crippen LogP contribution < -0.4 is 14.5 Å². The molecule has 0 amide bonds. The highest BCUT2D eigenvalue weighted by molar-refractivity contribution is 7.25. The fourth-order valence-corrected chi connectivity index (χ4v) is 7.55. The van der Waals surface area contributed by atoms with Gasteiger partial charge in [0.1, 0.15) is 17.3 Å². The predicted molar refractivity (Wildman–Crippen MR) is 180 cm³/mol. The standard InChI is InChI=1S/C37H26N4OS/c1-39-23-40(33-15-6-5-14-32(33)39)24-9-8-10-25(19-24)42-26-17-18-28-27-11-2-4-13-31(27)41(34(28)20-26)37-21-36-30(22-38-37)29-12-3-7-16-35(29)43-36/h2-22H,23H2,1H3. The molecular weight excluding hydrogens is 549 g/mol. The van der Waals surface area contributed by atoms with Crippen molar-refractivity contribution in [1.29, 1.82) is 0 Å². The van der Waals surface area contributed by atoms with Crippen molar-refractivity contribution < 1.29 is 4.74 Å². The van der Waals surface area contributed by atoms with E-state index in [1.54, 1.807) is 0 Å². The monoisotopic (exact) mass is 574 g/mol. The first kappa shape index (κ1) is 24.3. The van der Waals surface area contributed by atoms with Gasteiger partial charge in [0.05, 0.1) is 29.1 Å². The van der Waals surface area contributed by atoms with Gasteiger partial charge in [0, 0.05) is 62.0 Å². The van der Waals surface area contributed by atoms with Gasteiger partial charge in [0.25, 0.3) is 0 Å². The zero-order valence-corrected chi connectivity index (χ0v) is 24.3. The minimum Gasteiger partial charge on any atom is -0.457 e. The predicted octanol–water partition coefficient (Wildman–Crippen LogP) is 9.88. The second-order valence-corrected chi connectivity index (χ2v) is 12.1. The third-order valence-corrected chi connectivity index (χ3v) is 9.56. The number of thiophene rings is 1. The molecule has 0 atom stereocenters. The highest BCUT2D eigenvalue weighted by atomic mass is 32.1. The summed E-state index contributed by atoms with van der Waals surface area (Å²) in [4.78, 5) is 9.57. The summed E-state index contributed by atoms with van der Waals surface area (Å²) < 4.78 is 11.3. The number of aromatic nitrogens is 2. The summed E-state index contributed by atoms with van der Waals surface area (Å²) in [5, 5.41) is 4.82. The molecule has 8 aromatic rings. The van der Waals surface area contributed by atoms with Crippen molar-refractivity contribution in [2.24, 2.45) is 0 Å². The first-order valence-electron chi connectivity index (χ1n) is 14.4. The lowest BCUT2D eigenvalue weighted by molar-refractivity contribution is 0.483. The Morgan fingerprint density at radius 1 is 0.628 bits per heavy atom. The molecule has 206 valence electrons. The summed E-state index contributed by atoms with van der Waals surface area (Å²) >= 11 is 1.81. The van der Waals surface area contributed by atoms with Crippen LogP contribution in [0.25, 0.3) is 47.8 Å². The summed E-state index contributed by atoms with van der Waals surface area (Å²) in [5.74, 6) is 2.49. The molecule has 0 spiro atoms. The van der Waals surface area contributed by atoms with E-state index in [1.807, 2.05) is 23.6 Å². The molecule has 43 heavy (non-hydrogen) atoms.